The van der Waals surface area contributed by atoms with E-state index in [-0.39, 0.29) is 11.9 Å². The number of aromatic nitrogens is 3. The maximum absolute atomic E-state index is 11.1. The lowest BCUT2D eigenvalue weighted by Crippen LogP contribution is -2.27. The SMILES string of the molecule is Cc1nnc(SCC2CCC(=O)N2)n1CCN. The van der Waals surface area contributed by atoms with Crippen molar-refractivity contribution in [3.8, 4) is 0 Å². The molecule has 0 aliphatic carbocycles. The minimum absolute atomic E-state index is 0.148. The fourth-order valence-corrected chi connectivity index (χ4v) is 2.91. The highest BCUT2D eigenvalue weighted by Gasteiger charge is 2.21. The zero-order chi connectivity index (χ0) is 12.3. The summed E-state index contributed by atoms with van der Waals surface area (Å²) in [4.78, 5) is 11.1. The van der Waals surface area contributed by atoms with Gasteiger partial charge in [0.1, 0.15) is 5.82 Å². The van der Waals surface area contributed by atoms with Gasteiger partial charge >= 0.3 is 0 Å². The molecule has 0 saturated carbocycles. The van der Waals surface area contributed by atoms with Crippen LogP contribution in [0.3, 0.4) is 0 Å². The van der Waals surface area contributed by atoms with E-state index < -0.39 is 0 Å². The summed E-state index contributed by atoms with van der Waals surface area (Å²) in [6.07, 6.45) is 1.55. The number of carbonyl (C=O) groups is 1. The molecule has 1 atom stereocenters. The average molecular weight is 255 g/mol. The van der Waals surface area contributed by atoms with Gasteiger partial charge in [-0.3, -0.25) is 4.79 Å². The molecule has 1 aromatic rings. The lowest BCUT2D eigenvalue weighted by Gasteiger charge is -2.10. The Balaban J connectivity index is 1.92. The Morgan fingerprint density at radius 1 is 1.59 bits per heavy atom. The summed E-state index contributed by atoms with van der Waals surface area (Å²) in [5, 5.41) is 12.0. The molecule has 1 aliphatic heterocycles. The van der Waals surface area contributed by atoms with E-state index in [1.54, 1.807) is 11.8 Å². The molecule has 1 amide bonds. The zero-order valence-electron chi connectivity index (χ0n) is 9.85. The second kappa shape index (κ2) is 5.50. The minimum Gasteiger partial charge on any atom is -0.353 e. The number of rotatable bonds is 5. The predicted octanol–water partition coefficient (Wildman–Crippen LogP) is -0.0841. The summed E-state index contributed by atoms with van der Waals surface area (Å²) in [7, 11) is 0. The molecule has 0 spiro atoms. The number of nitrogens with zero attached hydrogens (tertiary/aromatic N) is 3. The van der Waals surface area contributed by atoms with Crippen molar-refractivity contribution in [3.05, 3.63) is 5.82 Å². The number of hydrogen-bond donors (Lipinski definition) is 2. The van der Waals surface area contributed by atoms with Gasteiger partial charge in [0.05, 0.1) is 0 Å². The van der Waals surface area contributed by atoms with Crippen LogP contribution >= 0.6 is 11.8 Å². The zero-order valence-corrected chi connectivity index (χ0v) is 10.7. The van der Waals surface area contributed by atoms with Crippen LogP contribution in [0, 0.1) is 6.92 Å². The molecular formula is C10H17N5OS. The minimum atomic E-state index is 0.148. The van der Waals surface area contributed by atoms with Crippen molar-refractivity contribution in [1.82, 2.24) is 20.1 Å². The quantitative estimate of drug-likeness (QED) is 0.719. The largest absolute Gasteiger partial charge is 0.353 e. The molecule has 1 aromatic heterocycles. The van der Waals surface area contributed by atoms with Crippen LogP contribution in [-0.2, 0) is 11.3 Å². The van der Waals surface area contributed by atoms with E-state index >= 15 is 0 Å². The van der Waals surface area contributed by atoms with E-state index in [0.29, 0.717) is 13.0 Å². The molecular weight excluding hydrogens is 238 g/mol. The molecule has 7 heteroatoms. The van der Waals surface area contributed by atoms with Gasteiger partial charge in [0.2, 0.25) is 5.91 Å². The molecule has 17 heavy (non-hydrogen) atoms. The van der Waals surface area contributed by atoms with Crippen LogP contribution in [0.5, 0.6) is 0 Å². The van der Waals surface area contributed by atoms with Crippen LogP contribution in [0.2, 0.25) is 0 Å². The van der Waals surface area contributed by atoms with Gasteiger partial charge in [-0.1, -0.05) is 11.8 Å². The number of hydrogen-bond acceptors (Lipinski definition) is 5. The first-order chi connectivity index (χ1) is 8.20. The average Bonchev–Trinajstić information content (AvgIpc) is 2.86. The molecule has 2 rings (SSSR count). The van der Waals surface area contributed by atoms with Crippen LogP contribution in [0.4, 0.5) is 0 Å². The number of thioether (sulfide) groups is 1. The second-order valence-corrected chi connectivity index (χ2v) is 5.07. The maximum atomic E-state index is 11.1. The first-order valence-corrected chi connectivity index (χ1v) is 6.71. The molecule has 1 saturated heterocycles. The highest BCUT2D eigenvalue weighted by atomic mass is 32.2. The molecule has 94 valence electrons. The van der Waals surface area contributed by atoms with E-state index in [2.05, 4.69) is 15.5 Å². The summed E-state index contributed by atoms with van der Waals surface area (Å²) in [5.41, 5.74) is 5.55. The third-order valence-corrected chi connectivity index (χ3v) is 3.88. The van der Waals surface area contributed by atoms with Crippen molar-refractivity contribution < 1.29 is 4.79 Å². The van der Waals surface area contributed by atoms with Crippen molar-refractivity contribution in [1.29, 1.82) is 0 Å². The van der Waals surface area contributed by atoms with Crippen LogP contribution < -0.4 is 11.1 Å². The summed E-state index contributed by atoms with van der Waals surface area (Å²) in [6, 6.07) is 0.260. The van der Waals surface area contributed by atoms with Gasteiger partial charge in [0.25, 0.3) is 0 Å². The van der Waals surface area contributed by atoms with Crippen LogP contribution in [0.15, 0.2) is 5.16 Å². The van der Waals surface area contributed by atoms with Crippen molar-refractivity contribution in [3.63, 3.8) is 0 Å². The van der Waals surface area contributed by atoms with Gasteiger partial charge in [-0.05, 0) is 13.3 Å². The number of nitrogens with two attached hydrogens (primary N) is 1. The molecule has 1 aliphatic rings. The lowest BCUT2D eigenvalue weighted by molar-refractivity contribution is -0.119. The summed E-state index contributed by atoms with van der Waals surface area (Å²) in [6.45, 7) is 3.23. The van der Waals surface area contributed by atoms with Crippen molar-refractivity contribution >= 4 is 17.7 Å². The molecule has 0 bridgehead atoms. The highest BCUT2D eigenvalue weighted by molar-refractivity contribution is 7.99. The molecule has 1 fully saturated rings. The Morgan fingerprint density at radius 2 is 2.41 bits per heavy atom. The Bertz CT molecular complexity index is 405. The van der Waals surface area contributed by atoms with E-state index in [1.807, 2.05) is 11.5 Å². The molecule has 3 N–H and O–H groups in total. The predicted molar refractivity (Wildman–Crippen MR) is 65.7 cm³/mol. The molecule has 0 aromatic carbocycles. The highest BCUT2D eigenvalue weighted by Crippen LogP contribution is 2.20. The van der Waals surface area contributed by atoms with Gasteiger partial charge in [-0.25, -0.2) is 0 Å². The van der Waals surface area contributed by atoms with Gasteiger partial charge in [-0.2, -0.15) is 0 Å². The number of carbonyl (C=O) groups excluding carboxylic acids is 1. The van der Waals surface area contributed by atoms with Crippen LogP contribution in [-0.4, -0.2) is 39.0 Å². The number of aryl methyl sites for hydroxylation is 1. The van der Waals surface area contributed by atoms with Crippen LogP contribution in [0.1, 0.15) is 18.7 Å². The second-order valence-electron chi connectivity index (χ2n) is 4.08. The van der Waals surface area contributed by atoms with Gasteiger partial charge in [-0.15, -0.1) is 10.2 Å². The van der Waals surface area contributed by atoms with Crippen molar-refractivity contribution in [2.24, 2.45) is 5.73 Å². The maximum Gasteiger partial charge on any atom is 0.220 e. The topological polar surface area (TPSA) is 85.8 Å². The van der Waals surface area contributed by atoms with Gasteiger partial charge in [0.15, 0.2) is 5.16 Å². The monoisotopic (exact) mass is 255 g/mol. The van der Waals surface area contributed by atoms with Crippen LogP contribution in [0.25, 0.3) is 0 Å². The fourth-order valence-electron chi connectivity index (χ4n) is 1.83. The van der Waals surface area contributed by atoms with E-state index in [1.165, 1.54) is 0 Å². The third kappa shape index (κ3) is 2.98. The number of nitrogens with one attached hydrogen (secondary N) is 1. The van der Waals surface area contributed by atoms with E-state index in [0.717, 1.165) is 29.7 Å². The molecule has 1 unspecified atom stereocenters. The standard InChI is InChI=1S/C10H17N5OS/c1-7-13-14-10(15(7)5-4-11)17-6-8-2-3-9(16)12-8/h8H,2-6,11H2,1H3,(H,12,16). The summed E-state index contributed by atoms with van der Waals surface area (Å²) >= 11 is 1.63. The number of amides is 1. The lowest BCUT2D eigenvalue weighted by atomic mass is 10.2. The fraction of sp³-hybridized carbons (Fsp3) is 0.700. The third-order valence-electron chi connectivity index (χ3n) is 2.75. The summed E-state index contributed by atoms with van der Waals surface area (Å²) in [5.74, 6) is 1.87. The first kappa shape index (κ1) is 12.4. The molecule has 6 nitrogen and oxygen atoms in total. The van der Waals surface area contributed by atoms with E-state index in [9.17, 15) is 4.79 Å². The Hall–Kier alpha value is -1.08. The molecule has 0 radical (unpaired) electrons. The van der Waals surface area contributed by atoms with Gasteiger partial charge in [0, 0.05) is 31.3 Å². The smallest absolute Gasteiger partial charge is 0.220 e. The van der Waals surface area contributed by atoms with Gasteiger partial charge < -0.3 is 15.6 Å². The van der Waals surface area contributed by atoms with E-state index in [4.69, 9.17) is 5.73 Å². The van der Waals surface area contributed by atoms with Crippen molar-refractivity contribution in [2.75, 3.05) is 12.3 Å². The Kier molecular flexibility index (Phi) is 4.01. The Labute approximate surface area is 104 Å². The summed E-state index contributed by atoms with van der Waals surface area (Å²) < 4.78 is 2.02. The normalized spacial score (nSPS) is 19.6. The first-order valence-electron chi connectivity index (χ1n) is 5.72. The molecule has 2 heterocycles. The van der Waals surface area contributed by atoms with Crippen molar-refractivity contribution in [2.45, 2.75) is 37.5 Å². The Morgan fingerprint density at radius 3 is 3.06 bits per heavy atom.